The van der Waals surface area contributed by atoms with Crippen LogP contribution in [-0.4, -0.2) is 51.1 Å². The van der Waals surface area contributed by atoms with Gasteiger partial charge in [0.1, 0.15) is 35.0 Å². The highest BCUT2D eigenvalue weighted by molar-refractivity contribution is 7.52. The van der Waals surface area contributed by atoms with E-state index in [9.17, 15) is 29.3 Å². The number of carbonyl (C=O) groups excluding carboxylic acids is 1. The lowest BCUT2D eigenvalue weighted by Crippen LogP contribution is -2.41. The molecular weight excluding hydrogens is 579 g/mol. The van der Waals surface area contributed by atoms with E-state index in [0.717, 1.165) is 22.4 Å². The van der Waals surface area contributed by atoms with Crippen molar-refractivity contribution in [3.8, 4) is 11.8 Å². The van der Waals surface area contributed by atoms with E-state index >= 15 is 0 Å². The smallest absolute Gasteiger partial charge is 0.459 e. The summed E-state index contributed by atoms with van der Waals surface area (Å²) in [6.07, 6.45) is -1.19. The Hall–Kier alpha value is -3.79. The summed E-state index contributed by atoms with van der Waals surface area (Å²) in [4.78, 5) is 39.0. The van der Waals surface area contributed by atoms with Crippen LogP contribution >= 0.6 is 7.75 Å². The van der Waals surface area contributed by atoms with Gasteiger partial charge in [0.2, 0.25) is 0 Å². The van der Waals surface area contributed by atoms with E-state index < -0.39 is 60.5 Å². The molecule has 3 N–H and O–H groups in total. The van der Waals surface area contributed by atoms with Crippen LogP contribution in [0.25, 0.3) is 10.8 Å². The molecule has 0 radical (unpaired) electrons. The van der Waals surface area contributed by atoms with Crippen molar-refractivity contribution in [1.29, 1.82) is 5.26 Å². The van der Waals surface area contributed by atoms with Crippen LogP contribution in [-0.2, 0) is 23.4 Å². The van der Waals surface area contributed by atoms with Crippen molar-refractivity contribution in [2.24, 2.45) is 5.41 Å². The van der Waals surface area contributed by atoms with E-state index in [2.05, 4.69) is 10.1 Å². The monoisotopic (exact) mass is 612 g/mol. The fourth-order valence-electron chi connectivity index (χ4n) is 5.26. The zero-order valence-corrected chi connectivity index (χ0v) is 24.8. The normalized spacial score (nSPS) is 28.2. The lowest BCUT2D eigenvalue weighted by Gasteiger charge is -2.26. The number of benzene rings is 2. The number of esters is 1. The number of aromatic nitrogens is 2. The third kappa shape index (κ3) is 5.77. The minimum Gasteiger partial charge on any atom is -0.465 e. The maximum absolute atomic E-state index is 14.4. The van der Waals surface area contributed by atoms with Gasteiger partial charge >= 0.3 is 19.4 Å². The standard InChI is InChI=1S/C29H33N4O9P/c1-4-5-15-39-24(35)18(2)32-43(38,41-21-12-8-10-19-9-6-7-11-20(19)21)42-22-16-29(22)25(36)28(3,17-30)26(40-29)33-14-13-23(34)31-27(33)37/h6-14,18,22,25-26,36H,4-5,15-16H2,1-3H3,(H,32,38)(H,31,34,37)/t18-,22?,25-,26+,28+,29?,43?/m0/s1. The maximum atomic E-state index is 14.4. The molecule has 43 heavy (non-hydrogen) atoms. The first-order chi connectivity index (χ1) is 20.5. The Bertz CT molecular complexity index is 1730. The summed E-state index contributed by atoms with van der Waals surface area (Å²) in [6.45, 7) is 5.03. The first-order valence-corrected chi connectivity index (χ1v) is 15.5. The second-order valence-electron chi connectivity index (χ2n) is 11.0. The molecule has 3 unspecified atom stereocenters. The van der Waals surface area contributed by atoms with Gasteiger partial charge in [-0.05, 0) is 31.7 Å². The summed E-state index contributed by atoms with van der Waals surface area (Å²) >= 11 is 0. The molecule has 1 saturated carbocycles. The van der Waals surface area contributed by atoms with Gasteiger partial charge in [-0.3, -0.25) is 23.7 Å². The van der Waals surface area contributed by atoms with Crippen molar-refractivity contribution in [3.63, 3.8) is 0 Å². The minimum atomic E-state index is -4.39. The molecule has 3 aromatic rings. The predicted molar refractivity (Wildman–Crippen MR) is 154 cm³/mol. The fourth-order valence-corrected chi connectivity index (χ4v) is 7.01. The number of H-pyrrole nitrogens is 1. The molecule has 7 atom stereocenters. The molecule has 228 valence electrons. The lowest BCUT2D eigenvalue weighted by molar-refractivity contribution is -0.145. The quantitative estimate of drug-likeness (QED) is 0.164. The largest absolute Gasteiger partial charge is 0.465 e. The molecule has 1 aliphatic heterocycles. The summed E-state index contributed by atoms with van der Waals surface area (Å²) in [5.41, 5.74) is -4.65. The Labute approximate surface area is 246 Å². The van der Waals surface area contributed by atoms with Crippen LogP contribution in [0.3, 0.4) is 0 Å². The van der Waals surface area contributed by atoms with Gasteiger partial charge in [-0.1, -0.05) is 49.7 Å². The van der Waals surface area contributed by atoms with Crippen molar-refractivity contribution in [2.75, 3.05) is 6.61 Å². The Balaban J connectivity index is 1.44. The number of aromatic amines is 1. The van der Waals surface area contributed by atoms with Crippen LogP contribution in [0.4, 0.5) is 0 Å². The number of unbranched alkanes of at least 4 members (excludes halogenated alkanes) is 1. The number of hydrogen-bond donors (Lipinski definition) is 3. The van der Waals surface area contributed by atoms with Crippen LogP contribution in [0.1, 0.15) is 46.3 Å². The van der Waals surface area contributed by atoms with Gasteiger partial charge in [0.25, 0.3) is 5.56 Å². The van der Waals surface area contributed by atoms with E-state index in [-0.39, 0.29) is 18.8 Å². The van der Waals surface area contributed by atoms with Crippen LogP contribution in [0.5, 0.6) is 5.75 Å². The number of fused-ring (bicyclic) bond motifs is 1. The fraction of sp³-hybridized carbons (Fsp3) is 0.448. The number of aliphatic hydroxyl groups excluding tert-OH is 1. The number of nitriles is 1. The van der Waals surface area contributed by atoms with Crippen molar-refractivity contribution < 1.29 is 33.0 Å². The van der Waals surface area contributed by atoms with E-state index in [1.807, 2.05) is 31.2 Å². The molecule has 13 nitrogen and oxygen atoms in total. The van der Waals surface area contributed by atoms with Crippen LogP contribution in [0, 0.1) is 16.7 Å². The zero-order chi connectivity index (χ0) is 31.0. The average Bonchev–Trinajstić information content (AvgIpc) is 3.61. The van der Waals surface area contributed by atoms with E-state index in [0.29, 0.717) is 11.8 Å². The predicted octanol–water partition coefficient (Wildman–Crippen LogP) is 3.15. The van der Waals surface area contributed by atoms with Crippen molar-refractivity contribution in [1.82, 2.24) is 14.6 Å². The second-order valence-corrected chi connectivity index (χ2v) is 12.6. The van der Waals surface area contributed by atoms with Crippen molar-refractivity contribution >= 4 is 24.5 Å². The van der Waals surface area contributed by atoms with E-state index in [1.54, 1.807) is 24.3 Å². The molecule has 0 amide bonds. The van der Waals surface area contributed by atoms with Gasteiger partial charge in [-0.2, -0.15) is 10.3 Å². The molecule has 1 saturated heterocycles. The van der Waals surface area contributed by atoms with Crippen LogP contribution in [0.15, 0.2) is 64.3 Å². The Kier molecular flexibility index (Phi) is 8.35. The number of hydrogen-bond acceptors (Lipinski definition) is 10. The first-order valence-electron chi connectivity index (χ1n) is 13.9. The molecule has 2 aromatic carbocycles. The third-order valence-corrected chi connectivity index (χ3v) is 9.46. The van der Waals surface area contributed by atoms with Gasteiger partial charge in [-0.25, -0.2) is 9.36 Å². The van der Waals surface area contributed by atoms with Gasteiger partial charge in [0.05, 0.1) is 12.7 Å². The highest BCUT2D eigenvalue weighted by Gasteiger charge is 2.75. The van der Waals surface area contributed by atoms with E-state index in [4.69, 9.17) is 18.5 Å². The SMILES string of the molecule is CCCCOC(=O)[C@H](C)NP(=O)(Oc1cccc2ccccc12)OC1CC12O[C@@H](n1ccc(=O)[nH]c1=O)[C@](C)(C#N)[C@@H]2O. The molecule has 0 bridgehead atoms. The zero-order valence-electron chi connectivity index (χ0n) is 23.9. The van der Waals surface area contributed by atoms with Crippen LogP contribution in [0.2, 0.25) is 0 Å². The number of aliphatic hydroxyl groups is 1. The number of nitrogens with zero attached hydrogens (tertiary/aromatic N) is 2. The molecular formula is C29H33N4O9P. The van der Waals surface area contributed by atoms with Crippen molar-refractivity contribution in [2.45, 2.75) is 70.1 Å². The molecule has 14 heteroatoms. The van der Waals surface area contributed by atoms with Gasteiger partial charge in [0, 0.05) is 24.1 Å². The number of ether oxygens (including phenoxy) is 2. The van der Waals surface area contributed by atoms with Gasteiger partial charge in [0.15, 0.2) is 6.23 Å². The Morgan fingerprint density at radius 1 is 1.28 bits per heavy atom. The summed E-state index contributed by atoms with van der Waals surface area (Å²) in [6, 6.07) is 14.5. The molecule has 2 heterocycles. The number of carbonyl (C=O) groups is 1. The molecule has 1 aliphatic carbocycles. The maximum Gasteiger partial charge on any atom is 0.459 e. The highest BCUT2D eigenvalue weighted by atomic mass is 31.2. The summed E-state index contributed by atoms with van der Waals surface area (Å²) < 4.78 is 38.8. The third-order valence-electron chi connectivity index (χ3n) is 7.79. The summed E-state index contributed by atoms with van der Waals surface area (Å²) in [5.74, 6) is -0.432. The summed E-state index contributed by atoms with van der Waals surface area (Å²) in [7, 11) is -4.39. The number of rotatable bonds is 11. The second kappa shape index (κ2) is 11.7. The van der Waals surface area contributed by atoms with Crippen molar-refractivity contribution in [3.05, 3.63) is 75.6 Å². The molecule has 2 fully saturated rings. The van der Waals surface area contributed by atoms with E-state index in [1.165, 1.54) is 20.0 Å². The Morgan fingerprint density at radius 2 is 2.02 bits per heavy atom. The van der Waals surface area contributed by atoms with Gasteiger partial charge in [-0.15, -0.1) is 0 Å². The topological polar surface area (TPSA) is 182 Å². The van der Waals surface area contributed by atoms with Gasteiger partial charge < -0.3 is 19.1 Å². The first kappa shape index (κ1) is 30.7. The summed E-state index contributed by atoms with van der Waals surface area (Å²) in [5, 5.41) is 25.5. The molecule has 1 spiro atoms. The lowest BCUT2D eigenvalue weighted by atomic mass is 9.83. The average molecular weight is 613 g/mol. The molecule has 2 aliphatic rings. The molecule has 5 rings (SSSR count). The molecule has 1 aromatic heterocycles. The van der Waals surface area contributed by atoms with Crippen LogP contribution < -0.4 is 20.9 Å². The Morgan fingerprint density at radius 3 is 2.74 bits per heavy atom. The highest BCUT2D eigenvalue weighted by Crippen LogP contribution is 2.64. The minimum absolute atomic E-state index is 0.0000642. The number of nitrogens with one attached hydrogen (secondary N) is 2.